The zero-order chi connectivity index (χ0) is 16.9. The molecule has 2 rings (SSSR count). The Balaban J connectivity index is 1.95. The standard InChI is InChI=1S/C18H28N2O2S/c1-18(2,3)23-13-10-19-17(22)20(11-12-21)16-9-8-14-6-4-5-7-15(14)16/h4-7,16,21H,8-13H2,1-3H3,(H,19,22). The minimum absolute atomic E-state index is 0.0111. The van der Waals surface area contributed by atoms with Crippen molar-refractivity contribution in [2.75, 3.05) is 25.4 Å². The first kappa shape index (κ1) is 18.1. The van der Waals surface area contributed by atoms with Crippen LogP contribution in [0.2, 0.25) is 0 Å². The predicted molar refractivity (Wildman–Crippen MR) is 96.9 cm³/mol. The Labute approximate surface area is 143 Å². The highest BCUT2D eigenvalue weighted by molar-refractivity contribution is 8.00. The van der Waals surface area contributed by atoms with Gasteiger partial charge in [0.2, 0.25) is 0 Å². The molecule has 0 spiro atoms. The lowest BCUT2D eigenvalue weighted by Gasteiger charge is -2.29. The maximum atomic E-state index is 12.5. The number of aryl methyl sites for hydroxylation is 1. The number of fused-ring (bicyclic) bond motifs is 1. The highest BCUT2D eigenvalue weighted by Gasteiger charge is 2.30. The minimum Gasteiger partial charge on any atom is -0.395 e. The van der Waals surface area contributed by atoms with E-state index in [1.165, 1.54) is 11.1 Å². The number of rotatable bonds is 6. The van der Waals surface area contributed by atoms with Crippen molar-refractivity contribution in [1.29, 1.82) is 0 Å². The molecule has 0 aromatic heterocycles. The number of aliphatic hydroxyl groups is 1. The molecule has 0 bridgehead atoms. The van der Waals surface area contributed by atoms with Crippen LogP contribution >= 0.6 is 11.8 Å². The van der Waals surface area contributed by atoms with Crippen molar-refractivity contribution in [1.82, 2.24) is 10.2 Å². The van der Waals surface area contributed by atoms with Crippen molar-refractivity contribution in [3.05, 3.63) is 35.4 Å². The van der Waals surface area contributed by atoms with E-state index >= 15 is 0 Å². The van der Waals surface area contributed by atoms with Crippen molar-refractivity contribution in [2.45, 2.75) is 44.4 Å². The van der Waals surface area contributed by atoms with Crippen molar-refractivity contribution >= 4 is 17.8 Å². The second-order valence-corrected chi connectivity index (χ2v) is 8.78. The fraction of sp³-hybridized carbons (Fsp3) is 0.611. The number of carbonyl (C=O) groups is 1. The Morgan fingerprint density at radius 2 is 2.13 bits per heavy atom. The highest BCUT2D eigenvalue weighted by Crippen LogP contribution is 2.35. The number of benzene rings is 1. The molecule has 1 atom stereocenters. The molecule has 0 aliphatic heterocycles. The molecular weight excluding hydrogens is 308 g/mol. The van der Waals surface area contributed by atoms with Gasteiger partial charge in [-0.25, -0.2) is 4.79 Å². The summed E-state index contributed by atoms with van der Waals surface area (Å²) in [6.45, 7) is 7.53. The zero-order valence-electron chi connectivity index (χ0n) is 14.3. The molecule has 1 aliphatic rings. The summed E-state index contributed by atoms with van der Waals surface area (Å²) in [6.07, 6.45) is 1.93. The third-order valence-electron chi connectivity index (χ3n) is 3.99. The summed E-state index contributed by atoms with van der Waals surface area (Å²) in [6, 6.07) is 8.29. The summed E-state index contributed by atoms with van der Waals surface area (Å²) < 4.78 is 0.208. The molecule has 4 nitrogen and oxygen atoms in total. The Hall–Kier alpha value is -1.20. The number of nitrogens with zero attached hydrogens (tertiary/aromatic N) is 1. The molecule has 1 aromatic carbocycles. The smallest absolute Gasteiger partial charge is 0.318 e. The maximum absolute atomic E-state index is 12.5. The van der Waals surface area contributed by atoms with E-state index in [1.807, 2.05) is 23.9 Å². The summed E-state index contributed by atoms with van der Waals surface area (Å²) in [5.74, 6) is 0.892. The Bertz CT molecular complexity index is 528. The summed E-state index contributed by atoms with van der Waals surface area (Å²) in [7, 11) is 0. The van der Waals surface area contributed by atoms with E-state index in [2.05, 4.69) is 38.2 Å². The molecule has 1 aromatic rings. The molecule has 0 heterocycles. The number of carbonyl (C=O) groups excluding carboxylic acids is 1. The van der Waals surface area contributed by atoms with Gasteiger partial charge < -0.3 is 15.3 Å². The van der Waals surface area contributed by atoms with Gasteiger partial charge in [0.15, 0.2) is 0 Å². The third-order valence-corrected chi connectivity index (χ3v) is 5.27. The van der Waals surface area contributed by atoms with E-state index in [-0.39, 0.29) is 23.4 Å². The van der Waals surface area contributed by atoms with Gasteiger partial charge in [-0.2, -0.15) is 11.8 Å². The van der Waals surface area contributed by atoms with Crippen LogP contribution in [0.4, 0.5) is 4.79 Å². The van der Waals surface area contributed by atoms with E-state index < -0.39 is 0 Å². The van der Waals surface area contributed by atoms with Crippen molar-refractivity contribution in [2.24, 2.45) is 0 Å². The van der Waals surface area contributed by atoms with Crippen LogP contribution < -0.4 is 5.32 Å². The van der Waals surface area contributed by atoms with Crippen molar-refractivity contribution < 1.29 is 9.90 Å². The number of thioether (sulfide) groups is 1. The van der Waals surface area contributed by atoms with Gasteiger partial charge in [0.1, 0.15) is 0 Å². The second kappa shape index (κ2) is 8.06. The van der Waals surface area contributed by atoms with Gasteiger partial charge in [0, 0.05) is 23.6 Å². The van der Waals surface area contributed by atoms with Crippen LogP contribution in [0.1, 0.15) is 44.4 Å². The number of nitrogens with one attached hydrogen (secondary N) is 1. The van der Waals surface area contributed by atoms with Gasteiger partial charge in [-0.3, -0.25) is 0 Å². The third kappa shape index (κ3) is 5.15. The van der Waals surface area contributed by atoms with Gasteiger partial charge in [-0.05, 0) is 24.0 Å². The number of hydrogen-bond acceptors (Lipinski definition) is 3. The topological polar surface area (TPSA) is 52.6 Å². The minimum atomic E-state index is -0.0738. The largest absolute Gasteiger partial charge is 0.395 e. The number of aliphatic hydroxyl groups excluding tert-OH is 1. The number of hydrogen-bond donors (Lipinski definition) is 2. The lowest BCUT2D eigenvalue weighted by molar-refractivity contribution is 0.152. The summed E-state index contributed by atoms with van der Waals surface area (Å²) in [5, 5.41) is 12.3. The summed E-state index contributed by atoms with van der Waals surface area (Å²) in [4.78, 5) is 14.3. The Morgan fingerprint density at radius 3 is 2.83 bits per heavy atom. The molecule has 0 fully saturated rings. The first-order valence-corrected chi connectivity index (χ1v) is 9.28. The van der Waals surface area contributed by atoms with E-state index in [4.69, 9.17) is 0 Å². The highest BCUT2D eigenvalue weighted by atomic mass is 32.2. The summed E-state index contributed by atoms with van der Waals surface area (Å²) >= 11 is 1.84. The molecule has 0 saturated heterocycles. The van der Waals surface area contributed by atoms with E-state index in [0.717, 1.165) is 18.6 Å². The number of amides is 2. The molecule has 0 saturated carbocycles. The zero-order valence-corrected chi connectivity index (χ0v) is 15.2. The average Bonchev–Trinajstić information content (AvgIpc) is 2.92. The SMILES string of the molecule is CC(C)(C)SCCNC(=O)N(CCO)C1CCc2ccccc21. The first-order chi connectivity index (χ1) is 10.9. The normalized spacial score (nSPS) is 17.0. The van der Waals surface area contributed by atoms with Crippen molar-refractivity contribution in [3.63, 3.8) is 0 Å². The molecule has 23 heavy (non-hydrogen) atoms. The molecule has 1 unspecified atom stereocenters. The van der Waals surface area contributed by atoms with Crippen LogP contribution in [0, 0.1) is 0 Å². The summed E-state index contributed by atoms with van der Waals surface area (Å²) in [5.41, 5.74) is 2.54. The Kier molecular flexibility index (Phi) is 6.36. The predicted octanol–water partition coefficient (Wildman–Crippen LogP) is 3.21. The second-order valence-electron chi connectivity index (χ2n) is 6.86. The molecule has 1 aliphatic carbocycles. The van der Waals surface area contributed by atoms with Gasteiger partial charge in [0.05, 0.1) is 12.6 Å². The van der Waals surface area contributed by atoms with Gasteiger partial charge >= 0.3 is 6.03 Å². The average molecular weight is 337 g/mol. The quantitative estimate of drug-likeness (QED) is 0.784. The maximum Gasteiger partial charge on any atom is 0.318 e. The monoisotopic (exact) mass is 336 g/mol. The van der Waals surface area contributed by atoms with Crippen LogP contribution in [-0.4, -0.2) is 46.2 Å². The van der Waals surface area contributed by atoms with E-state index in [9.17, 15) is 9.90 Å². The van der Waals surface area contributed by atoms with Crippen molar-refractivity contribution in [3.8, 4) is 0 Å². The molecule has 0 radical (unpaired) electrons. The van der Waals surface area contributed by atoms with Crippen LogP contribution in [0.25, 0.3) is 0 Å². The van der Waals surface area contributed by atoms with E-state index in [1.54, 1.807) is 4.90 Å². The molecule has 128 valence electrons. The van der Waals surface area contributed by atoms with Crippen LogP contribution in [-0.2, 0) is 6.42 Å². The molecule has 2 N–H and O–H groups in total. The van der Waals surface area contributed by atoms with E-state index in [0.29, 0.717) is 13.1 Å². The van der Waals surface area contributed by atoms with Gasteiger partial charge in [-0.1, -0.05) is 45.0 Å². The Morgan fingerprint density at radius 1 is 1.39 bits per heavy atom. The molecular formula is C18H28N2O2S. The fourth-order valence-electron chi connectivity index (χ4n) is 2.98. The van der Waals surface area contributed by atoms with Gasteiger partial charge in [0.25, 0.3) is 0 Å². The molecule has 2 amide bonds. The number of urea groups is 1. The van der Waals surface area contributed by atoms with Crippen LogP contribution in [0.3, 0.4) is 0 Å². The van der Waals surface area contributed by atoms with Crippen LogP contribution in [0.5, 0.6) is 0 Å². The van der Waals surface area contributed by atoms with Crippen LogP contribution in [0.15, 0.2) is 24.3 Å². The molecule has 5 heteroatoms. The first-order valence-electron chi connectivity index (χ1n) is 8.29. The fourth-order valence-corrected chi connectivity index (χ4v) is 3.80. The lowest BCUT2D eigenvalue weighted by atomic mass is 10.1. The van der Waals surface area contributed by atoms with Gasteiger partial charge in [-0.15, -0.1) is 0 Å². The lowest BCUT2D eigenvalue weighted by Crippen LogP contribution is -2.44.